The Morgan fingerprint density at radius 1 is 1.43 bits per heavy atom. The number of halogens is 1. The molecule has 2 amide bonds. The molecule has 0 spiro atoms. The number of amides is 2. The average Bonchev–Trinajstić information content (AvgIpc) is 2.19. The number of hydrogen-bond donors (Lipinski definition) is 2. The van der Waals surface area contributed by atoms with E-state index >= 15 is 0 Å². The molecule has 4 nitrogen and oxygen atoms in total. The Kier molecular flexibility index (Phi) is 3.94. The van der Waals surface area contributed by atoms with Crippen molar-refractivity contribution in [2.75, 3.05) is 16.5 Å². The molecule has 0 heterocycles. The van der Waals surface area contributed by atoms with Gasteiger partial charge in [-0.15, -0.1) is 11.6 Å². The van der Waals surface area contributed by atoms with E-state index in [1.165, 1.54) is 0 Å². The molecule has 0 aliphatic rings. The summed E-state index contributed by atoms with van der Waals surface area (Å²) >= 11 is 5.32. The lowest BCUT2D eigenvalue weighted by atomic mass is 10.3. The minimum atomic E-state index is -0.282. The van der Waals surface area contributed by atoms with Crippen molar-refractivity contribution in [2.45, 2.75) is 0 Å². The Hall–Kier alpha value is -1.55. The van der Waals surface area contributed by atoms with Crippen molar-refractivity contribution in [3.05, 3.63) is 24.3 Å². The first-order valence-electron chi connectivity index (χ1n) is 3.92. The summed E-state index contributed by atoms with van der Waals surface area (Å²) in [5.41, 5.74) is 1.22. The third-order valence-corrected chi connectivity index (χ3v) is 1.74. The zero-order valence-corrected chi connectivity index (χ0v) is 8.04. The monoisotopic (exact) mass is 212 g/mol. The van der Waals surface area contributed by atoms with Crippen LogP contribution >= 0.6 is 11.6 Å². The Bertz CT molecular complexity index is 341. The normalized spacial score (nSPS) is 9.21. The quantitative estimate of drug-likeness (QED) is 0.586. The molecule has 1 aromatic rings. The van der Waals surface area contributed by atoms with Crippen LogP contribution in [-0.4, -0.2) is 18.2 Å². The van der Waals surface area contributed by atoms with E-state index in [4.69, 9.17) is 11.6 Å². The Morgan fingerprint density at radius 2 is 2.14 bits per heavy atom. The molecule has 0 aliphatic heterocycles. The summed E-state index contributed by atoms with van der Waals surface area (Å²) in [5.74, 6) is -0.374. The van der Waals surface area contributed by atoms with Crippen LogP contribution in [-0.2, 0) is 9.59 Å². The second-order valence-electron chi connectivity index (χ2n) is 2.52. The number of hydrogen-bond acceptors (Lipinski definition) is 2. The first kappa shape index (κ1) is 10.5. The van der Waals surface area contributed by atoms with Gasteiger partial charge in [-0.25, -0.2) is 0 Å². The van der Waals surface area contributed by atoms with Crippen LogP contribution in [0.25, 0.3) is 0 Å². The van der Waals surface area contributed by atoms with Gasteiger partial charge in [-0.3, -0.25) is 9.59 Å². The van der Waals surface area contributed by atoms with Crippen LogP contribution in [0.1, 0.15) is 0 Å². The van der Waals surface area contributed by atoms with E-state index < -0.39 is 0 Å². The summed E-state index contributed by atoms with van der Waals surface area (Å²) in [7, 11) is 0. The van der Waals surface area contributed by atoms with Crippen LogP contribution < -0.4 is 10.6 Å². The Balaban J connectivity index is 2.72. The maximum absolute atomic E-state index is 10.9. The molecule has 0 aliphatic carbocycles. The minimum absolute atomic E-state index is 0.0919. The fourth-order valence-corrected chi connectivity index (χ4v) is 1.02. The van der Waals surface area contributed by atoms with Crippen LogP contribution in [0.3, 0.4) is 0 Å². The van der Waals surface area contributed by atoms with Crippen LogP contribution in [0, 0.1) is 0 Å². The first-order chi connectivity index (χ1) is 6.76. The molecule has 14 heavy (non-hydrogen) atoms. The van der Waals surface area contributed by atoms with E-state index in [1.54, 1.807) is 24.3 Å². The highest BCUT2D eigenvalue weighted by Gasteiger charge is 1.99. The van der Waals surface area contributed by atoms with E-state index in [0.29, 0.717) is 17.8 Å². The number of alkyl halides is 1. The van der Waals surface area contributed by atoms with Crippen LogP contribution in [0.4, 0.5) is 11.4 Å². The van der Waals surface area contributed by atoms with Crippen LogP contribution in [0.5, 0.6) is 0 Å². The second kappa shape index (κ2) is 5.24. The molecule has 0 radical (unpaired) electrons. The summed E-state index contributed by atoms with van der Waals surface area (Å²) in [5, 5.41) is 5.04. The molecule has 5 heteroatoms. The molecule has 0 fully saturated rings. The molecule has 1 aromatic carbocycles. The van der Waals surface area contributed by atoms with Crippen LogP contribution in [0.15, 0.2) is 24.3 Å². The summed E-state index contributed by atoms with van der Waals surface area (Å²) in [6.45, 7) is 0. The van der Waals surface area contributed by atoms with Crippen molar-refractivity contribution in [2.24, 2.45) is 0 Å². The standard InChI is InChI=1S/C9H9ClN2O2/c10-5-9(14)12-8-3-1-2-7(4-8)11-6-13/h1-4,6H,5H2,(H,11,13)(H,12,14). The number of carbonyl (C=O) groups is 2. The van der Waals surface area contributed by atoms with E-state index in [9.17, 15) is 9.59 Å². The molecule has 0 saturated heterocycles. The van der Waals surface area contributed by atoms with E-state index in [0.717, 1.165) is 0 Å². The topological polar surface area (TPSA) is 58.2 Å². The number of carbonyl (C=O) groups excluding carboxylic acids is 2. The predicted octanol–water partition coefficient (Wildman–Crippen LogP) is 1.43. The lowest BCUT2D eigenvalue weighted by molar-refractivity contribution is -0.114. The van der Waals surface area contributed by atoms with Gasteiger partial charge in [0.05, 0.1) is 0 Å². The molecular weight excluding hydrogens is 204 g/mol. The molecule has 0 aromatic heterocycles. The van der Waals surface area contributed by atoms with Gasteiger partial charge in [0.25, 0.3) is 0 Å². The highest BCUT2D eigenvalue weighted by Crippen LogP contribution is 2.14. The zero-order valence-electron chi connectivity index (χ0n) is 7.29. The average molecular weight is 213 g/mol. The summed E-state index contributed by atoms with van der Waals surface area (Å²) < 4.78 is 0. The van der Waals surface area contributed by atoms with Gasteiger partial charge in [0.15, 0.2) is 0 Å². The van der Waals surface area contributed by atoms with E-state index in [-0.39, 0.29) is 11.8 Å². The van der Waals surface area contributed by atoms with Gasteiger partial charge in [0, 0.05) is 11.4 Å². The fraction of sp³-hybridized carbons (Fsp3) is 0.111. The van der Waals surface area contributed by atoms with Gasteiger partial charge in [-0.1, -0.05) is 6.07 Å². The number of benzene rings is 1. The van der Waals surface area contributed by atoms with Crippen molar-refractivity contribution < 1.29 is 9.59 Å². The molecule has 0 bridgehead atoms. The Labute approximate surface area is 86.3 Å². The third-order valence-electron chi connectivity index (χ3n) is 1.49. The summed E-state index contributed by atoms with van der Waals surface area (Å²) in [6.07, 6.45) is 0.572. The van der Waals surface area contributed by atoms with Crippen molar-refractivity contribution in [1.82, 2.24) is 0 Å². The van der Waals surface area contributed by atoms with Crippen molar-refractivity contribution >= 4 is 35.3 Å². The van der Waals surface area contributed by atoms with Crippen molar-refractivity contribution in [3.8, 4) is 0 Å². The molecule has 0 atom stereocenters. The highest BCUT2D eigenvalue weighted by molar-refractivity contribution is 6.29. The molecule has 1 rings (SSSR count). The lowest BCUT2D eigenvalue weighted by Crippen LogP contribution is -2.12. The van der Waals surface area contributed by atoms with Gasteiger partial charge in [-0.05, 0) is 18.2 Å². The highest BCUT2D eigenvalue weighted by atomic mass is 35.5. The summed E-state index contributed by atoms with van der Waals surface area (Å²) in [6, 6.07) is 6.78. The second-order valence-corrected chi connectivity index (χ2v) is 2.79. The van der Waals surface area contributed by atoms with Crippen molar-refractivity contribution in [1.29, 1.82) is 0 Å². The van der Waals surface area contributed by atoms with Crippen molar-refractivity contribution in [3.63, 3.8) is 0 Å². The maximum atomic E-state index is 10.9. The first-order valence-corrected chi connectivity index (χ1v) is 4.46. The number of rotatable bonds is 4. The van der Waals surface area contributed by atoms with Gasteiger partial charge in [0.2, 0.25) is 12.3 Å². The Morgan fingerprint density at radius 3 is 2.79 bits per heavy atom. The molecule has 0 unspecified atom stereocenters. The fourth-order valence-electron chi connectivity index (χ4n) is 0.949. The van der Waals surface area contributed by atoms with E-state index in [1.807, 2.05) is 0 Å². The van der Waals surface area contributed by atoms with Gasteiger partial charge < -0.3 is 10.6 Å². The maximum Gasteiger partial charge on any atom is 0.239 e. The number of nitrogens with one attached hydrogen (secondary N) is 2. The molecular formula is C9H9ClN2O2. The predicted molar refractivity (Wildman–Crippen MR) is 55.5 cm³/mol. The smallest absolute Gasteiger partial charge is 0.239 e. The minimum Gasteiger partial charge on any atom is -0.329 e. The molecule has 74 valence electrons. The third kappa shape index (κ3) is 3.06. The largest absolute Gasteiger partial charge is 0.329 e. The van der Waals surface area contributed by atoms with Gasteiger partial charge >= 0.3 is 0 Å². The summed E-state index contributed by atoms with van der Waals surface area (Å²) in [4.78, 5) is 21.1. The van der Waals surface area contributed by atoms with Gasteiger partial charge in [-0.2, -0.15) is 0 Å². The molecule has 2 N–H and O–H groups in total. The van der Waals surface area contributed by atoms with E-state index in [2.05, 4.69) is 10.6 Å². The molecule has 0 saturated carbocycles. The zero-order chi connectivity index (χ0) is 10.4. The van der Waals surface area contributed by atoms with Crippen LogP contribution in [0.2, 0.25) is 0 Å². The van der Waals surface area contributed by atoms with Gasteiger partial charge in [0.1, 0.15) is 5.88 Å². The lowest BCUT2D eigenvalue weighted by Gasteiger charge is -2.04. The number of anilines is 2. The SMILES string of the molecule is O=CNc1cccc(NC(=O)CCl)c1.